The summed E-state index contributed by atoms with van der Waals surface area (Å²) in [5.74, 6) is 2.74. The number of ether oxygens (including phenoxy) is 2. The zero-order chi connectivity index (χ0) is 24.8. The van der Waals surface area contributed by atoms with E-state index in [4.69, 9.17) is 28.2 Å². The van der Waals surface area contributed by atoms with Crippen molar-refractivity contribution in [3.63, 3.8) is 0 Å². The van der Waals surface area contributed by atoms with Gasteiger partial charge in [-0.1, -0.05) is 30.3 Å². The van der Waals surface area contributed by atoms with Gasteiger partial charge in [0.2, 0.25) is 0 Å². The van der Waals surface area contributed by atoms with Crippen LogP contribution in [0.1, 0.15) is 39.0 Å². The SMILES string of the molecule is COc1cc2c(B3OC(C)(C)C(C)(C)O3)cc(-c3ccc(C)o3)nc2cc1OCc1ccccc1. The largest absolute Gasteiger partial charge is 0.495 e. The van der Waals surface area contributed by atoms with Crippen LogP contribution in [-0.4, -0.2) is 30.4 Å². The Labute approximate surface area is 206 Å². The second-order valence-electron chi connectivity index (χ2n) is 9.89. The average molecular weight is 471 g/mol. The third kappa shape index (κ3) is 4.42. The second kappa shape index (κ2) is 8.74. The van der Waals surface area contributed by atoms with E-state index in [9.17, 15) is 0 Å². The lowest BCUT2D eigenvalue weighted by molar-refractivity contribution is 0.00578. The minimum absolute atomic E-state index is 0.420. The quantitative estimate of drug-likeness (QED) is 0.337. The highest BCUT2D eigenvalue weighted by atomic mass is 16.7. The van der Waals surface area contributed by atoms with Gasteiger partial charge in [0.05, 0.1) is 23.8 Å². The molecule has 0 saturated carbocycles. The molecule has 5 rings (SSSR count). The van der Waals surface area contributed by atoms with Crippen LogP contribution in [0.25, 0.3) is 22.4 Å². The molecule has 0 atom stereocenters. The van der Waals surface area contributed by atoms with E-state index in [1.54, 1.807) is 7.11 Å². The molecule has 0 N–H and O–H groups in total. The molecule has 35 heavy (non-hydrogen) atoms. The topological polar surface area (TPSA) is 63.0 Å². The number of hydrogen-bond donors (Lipinski definition) is 0. The van der Waals surface area contributed by atoms with E-state index in [0.717, 1.165) is 27.7 Å². The van der Waals surface area contributed by atoms with Crippen LogP contribution < -0.4 is 14.9 Å². The summed E-state index contributed by atoms with van der Waals surface area (Å²) < 4.78 is 30.6. The Kier molecular flexibility index (Phi) is 5.86. The zero-order valence-electron chi connectivity index (χ0n) is 21.0. The van der Waals surface area contributed by atoms with Crippen LogP contribution in [0.2, 0.25) is 0 Å². The van der Waals surface area contributed by atoms with Crippen molar-refractivity contribution >= 4 is 23.5 Å². The number of nitrogens with zero attached hydrogens (tertiary/aromatic N) is 1. The molecule has 1 saturated heterocycles. The highest BCUT2D eigenvalue weighted by molar-refractivity contribution is 6.65. The first kappa shape index (κ1) is 23.5. The summed E-state index contributed by atoms with van der Waals surface area (Å²) in [5, 5.41) is 0.874. The van der Waals surface area contributed by atoms with Gasteiger partial charge in [-0.05, 0) is 69.9 Å². The van der Waals surface area contributed by atoms with Crippen LogP contribution in [0.3, 0.4) is 0 Å². The molecule has 2 aromatic carbocycles. The Bertz CT molecular complexity index is 1350. The van der Waals surface area contributed by atoms with Gasteiger partial charge in [0.15, 0.2) is 17.3 Å². The normalized spacial score (nSPS) is 16.6. The van der Waals surface area contributed by atoms with Crippen molar-refractivity contribution in [3.8, 4) is 23.0 Å². The van der Waals surface area contributed by atoms with E-state index in [0.29, 0.717) is 29.6 Å². The highest BCUT2D eigenvalue weighted by Crippen LogP contribution is 2.39. The monoisotopic (exact) mass is 471 g/mol. The van der Waals surface area contributed by atoms with Crippen LogP contribution >= 0.6 is 0 Å². The van der Waals surface area contributed by atoms with Gasteiger partial charge in [0.25, 0.3) is 0 Å². The van der Waals surface area contributed by atoms with Gasteiger partial charge in [-0.2, -0.15) is 0 Å². The summed E-state index contributed by atoms with van der Waals surface area (Å²) in [6, 6.07) is 19.7. The molecule has 0 unspecified atom stereocenters. The Morgan fingerprint density at radius 1 is 0.886 bits per heavy atom. The molecular weight excluding hydrogens is 441 g/mol. The Morgan fingerprint density at radius 3 is 2.23 bits per heavy atom. The first-order chi connectivity index (χ1) is 16.7. The lowest BCUT2D eigenvalue weighted by Gasteiger charge is -2.32. The smallest absolute Gasteiger partial charge is 0.493 e. The number of furan rings is 1. The Hall–Kier alpha value is -3.29. The summed E-state index contributed by atoms with van der Waals surface area (Å²) >= 11 is 0. The Balaban J connectivity index is 1.63. The number of hydrogen-bond acceptors (Lipinski definition) is 6. The number of benzene rings is 2. The van der Waals surface area contributed by atoms with Crippen LogP contribution in [0.4, 0.5) is 0 Å². The fourth-order valence-electron chi connectivity index (χ4n) is 4.13. The third-order valence-electron chi connectivity index (χ3n) is 6.86. The summed E-state index contributed by atoms with van der Waals surface area (Å²) in [4.78, 5) is 4.91. The van der Waals surface area contributed by atoms with E-state index in [2.05, 4.69) is 0 Å². The van der Waals surface area contributed by atoms with E-state index in [-0.39, 0.29) is 0 Å². The van der Waals surface area contributed by atoms with Gasteiger partial charge in [0, 0.05) is 11.5 Å². The average Bonchev–Trinajstić information content (AvgIpc) is 3.36. The summed E-state index contributed by atoms with van der Waals surface area (Å²) in [7, 11) is 1.07. The summed E-state index contributed by atoms with van der Waals surface area (Å²) in [5.41, 5.74) is 2.43. The molecule has 0 spiro atoms. The predicted octanol–water partition coefficient (Wildman–Crippen LogP) is 5.69. The van der Waals surface area contributed by atoms with Crippen molar-refractivity contribution in [2.45, 2.75) is 52.4 Å². The zero-order valence-corrected chi connectivity index (χ0v) is 21.0. The van der Waals surface area contributed by atoms with Crippen molar-refractivity contribution in [1.82, 2.24) is 4.98 Å². The molecule has 180 valence electrons. The van der Waals surface area contributed by atoms with E-state index >= 15 is 0 Å². The van der Waals surface area contributed by atoms with Crippen molar-refractivity contribution in [2.75, 3.05) is 7.11 Å². The lowest BCUT2D eigenvalue weighted by atomic mass is 9.76. The van der Waals surface area contributed by atoms with Crippen LogP contribution in [0, 0.1) is 6.92 Å². The first-order valence-electron chi connectivity index (χ1n) is 11.8. The molecule has 4 aromatic rings. The van der Waals surface area contributed by atoms with Crippen molar-refractivity contribution in [3.05, 3.63) is 72.0 Å². The van der Waals surface area contributed by atoms with Gasteiger partial charge in [-0.3, -0.25) is 0 Å². The molecule has 7 heteroatoms. The number of rotatable bonds is 6. The molecule has 1 aliphatic heterocycles. The van der Waals surface area contributed by atoms with E-state index < -0.39 is 18.3 Å². The molecule has 0 aliphatic carbocycles. The minimum Gasteiger partial charge on any atom is -0.493 e. The molecule has 0 amide bonds. The molecule has 1 aliphatic rings. The number of pyridine rings is 1. The molecule has 1 fully saturated rings. The van der Waals surface area contributed by atoms with E-state index in [1.807, 2.05) is 95.3 Å². The minimum atomic E-state index is -0.568. The van der Waals surface area contributed by atoms with Gasteiger partial charge in [0.1, 0.15) is 18.1 Å². The first-order valence-corrected chi connectivity index (χ1v) is 11.8. The van der Waals surface area contributed by atoms with Crippen molar-refractivity contribution in [1.29, 1.82) is 0 Å². The molecule has 0 radical (unpaired) electrons. The summed E-state index contributed by atoms with van der Waals surface area (Å²) in [6.45, 7) is 10.5. The number of methoxy groups -OCH3 is 1. The van der Waals surface area contributed by atoms with E-state index in [1.165, 1.54) is 0 Å². The number of aromatic nitrogens is 1. The van der Waals surface area contributed by atoms with Crippen LogP contribution in [-0.2, 0) is 15.9 Å². The fraction of sp³-hybridized carbons (Fsp3) is 0.321. The third-order valence-corrected chi connectivity index (χ3v) is 6.86. The van der Waals surface area contributed by atoms with Gasteiger partial charge in [-0.15, -0.1) is 0 Å². The van der Waals surface area contributed by atoms with Crippen LogP contribution in [0.15, 0.2) is 65.1 Å². The Morgan fingerprint density at radius 2 is 1.60 bits per heavy atom. The fourth-order valence-corrected chi connectivity index (χ4v) is 4.13. The maximum absolute atomic E-state index is 6.41. The standard InChI is InChI=1S/C28H30BNO5/c1-18-12-13-24(33-18)23-15-21(29-34-27(2,3)28(4,5)35-29)20-14-25(31-6)26(16-22(20)30-23)32-17-19-10-8-7-9-11-19/h7-16H,17H2,1-6H3. The van der Waals surface area contributed by atoms with Crippen molar-refractivity contribution < 1.29 is 23.2 Å². The number of fused-ring (bicyclic) bond motifs is 1. The summed E-state index contributed by atoms with van der Waals surface area (Å²) in [6.07, 6.45) is 0. The van der Waals surface area contributed by atoms with Gasteiger partial charge in [-0.25, -0.2) is 4.98 Å². The molecule has 6 nitrogen and oxygen atoms in total. The second-order valence-corrected chi connectivity index (χ2v) is 9.89. The molecule has 3 heterocycles. The number of aryl methyl sites for hydroxylation is 1. The molecule has 0 bridgehead atoms. The maximum atomic E-state index is 6.41. The highest BCUT2D eigenvalue weighted by Gasteiger charge is 2.52. The maximum Gasteiger partial charge on any atom is 0.495 e. The lowest BCUT2D eigenvalue weighted by Crippen LogP contribution is -2.41. The van der Waals surface area contributed by atoms with Gasteiger partial charge >= 0.3 is 7.12 Å². The van der Waals surface area contributed by atoms with Gasteiger partial charge < -0.3 is 23.2 Å². The molecule has 2 aromatic heterocycles. The van der Waals surface area contributed by atoms with Crippen LogP contribution in [0.5, 0.6) is 11.5 Å². The molecular formula is C28H30BNO5. The van der Waals surface area contributed by atoms with Crippen molar-refractivity contribution in [2.24, 2.45) is 0 Å². The predicted molar refractivity (Wildman–Crippen MR) is 137 cm³/mol.